The van der Waals surface area contributed by atoms with Crippen molar-refractivity contribution in [3.8, 4) is 0 Å². The van der Waals surface area contributed by atoms with Crippen molar-refractivity contribution in [2.75, 3.05) is 31.0 Å². The minimum Gasteiger partial charge on any atom is -0.466 e. The standard InChI is InChI=1S/C27H31N3O6S/c1-4-18-8-10-20(11-9-18)29(3)37(34,35)21-12-13-24-22(15-21)25(31)23(16-28-24)26(32)30-14-6-7-19(17-30)27(33)36-5-2/h8-13,15-16,19H,4-7,14,17H2,1-3H3,(H,28,31). The molecular weight excluding hydrogens is 494 g/mol. The molecule has 0 radical (unpaired) electrons. The molecule has 4 rings (SSSR count). The summed E-state index contributed by atoms with van der Waals surface area (Å²) in [7, 11) is -2.50. The number of H-pyrrole nitrogens is 1. The van der Waals surface area contributed by atoms with E-state index in [0.29, 0.717) is 30.6 Å². The highest BCUT2D eigenvalue weighted by atomic mass is 32.2. The number of nitrogens with zero attached hydrogens (tertiary/aromatic N) is 2. The number of likely N-dealkylation sites (tertiary alicyclic amines) is 1. The summed E-state index contributed by atoms with van der Waals surface area (Å²) in [4.78, 5) is 43.1. The van der Waals surface area contributed by atoms with Gasteiger partial charge in [0.15, 0.2) is 0 Å². The van der Waals surface area contributed by atoms with Gasteiger partial charge in [-0.2, -0.15) is 0 Å². The van der Waals surface area contributed by atoms with Crippen LogP contribution in [-0.2, 0) is 26.0 Å². The van der Waals surface area contributed by atoms with E-state index in [1.807, 2.05) is 19.1 Å². The molecule has 1 amide bonds. The van der Waals surface area contributed by atoms with E-state index in [2.05, 4.69) is 4.98 Å². The first kappa shape index (κ1) is 26.4. The van der Waals surface area contributed by atoms with Crippen molar-refractivity contribution in [1.29, 1.82) is 0 Å². The summed E-state index contributed by atoms with van der Waals surface area (Å²) in [6.07, 6.45) is 3.42. The smallest absolute Gasteiger partial charge is 0.310 e. The Morgan fingerprint density at radius 3 is 2.54 bits per heavy atom. The molecule has 37 heavy (non-hydrogen) atoms. The van der Waals surface area contributed by atoms with Crippen molar-refractivity contribution in [3.05, 3.63) is 70.0 Å². The molecule has 1 aliphatic heterocycles. The number of anilines is 1. The van der Waals surface area contributed by atoms with Crippen molar-refractivity contribution in [1.82, 2.24) is 9.88 Å². The Bertz CT molecular complexity index is 1480. The number of benzene rings is 2. The van der Waals surface area contributed by atoms with Crippen LogP contribution in [0.4, 0.5) is 5.69 Å². The molecule has 9 nitrogen and oxygen atoms in total. The number of fused-ring (bicyclic) bond motifs is 1. The zero-order valence-corrected chi connectivity index (χ0v) is 22.0. The number of piperidine rings is 1. The molecule has 2 aromatic carbocycles. The van der Waals surface area contributed by atoms with E-state index in [9.17, 15) is 22.8 Å². The van der Waals surface area contributed by atoms with Gasteiger partial charge in [0.2, 0.25) is 5.43 Å². The molecule has 10 heteroatoms. The van der Waals surface area contributed by atoms with Crippen LogP contribution in [0.5, 0.6) is 0 Å². The molecule has 3 aromatic rings. The fraction of sp³-hybridized carbons (Fsp3) is 0.370. The van der Waals surface area contributed by atoms with Gasteiger partial charge in [-0.1, -0.05) is 19.1 Å². The average Bonchev–Trinajstić information content (AvgIpc) is 2.92. The molecule has 0 spiro atoms. The fourth-order valence-corrected chi connectivity index (χ4v) is 5.76. The second-order valence-electron chi connectivity index (χ2n) is 9.07. The topological polar surface area (TPSA) is 117 Å². The number of hydrogen-bond acceptors (Lipinski definition) is 6. The third-order valence-electron chi connectivity index (χ3n) is 6.78. The largest absolute Gasteiger partial charge is 0.466 e. The maximum atomic E-state index is 13.4. The van der Waals surface area contributed by atoms with Crippen LogP contribution < -0.4 is 9.73 Å². The van der Waals surface area contributed by atoms with Crippen LogP contribution in [0.3, 0.4) is 0 Å². The van der Waals surface area contributed by atoms with E-state index < -0.39 is 27.3 Å². The Morgan fingerprint density at radius 2 is 1.86 bits per heavy atom. The van der Waals surface area contributed by atoms with E-state index in [0.717, 1.165) is 12.0 Å². The van der Waals surface area contributed by atoms with Crippen LogP contribution in [0.25, 0.3) is 10.9 Å². The lowest BCUT2D eigenvalue weighted by Gasteiger charge is -2.31. The fourth-order valence-electron chi connectivity index (χ4n) is 4.54. The van der Waals surface area contributed by atoms with Gasteiger partial charge in [-0.3, -0.25) is 18.7 Å². The first-order valence-electron chi connectivity index (χ1n) is 12.4. The number of aromatic amines is 1. The Kier molecular flexibility index (Phi) is 7.68. The Morgan fingerprint density at radius 1 is 1.14 bits per heavy atom. The number of pyridine rings is 1. The van der Waals surface area contributed by atoms with Crippen LogP contribution in [0.1, 0.15) is 42.6 Å². The summed E-state index contributed by atoms with van der Waals surface area (Å²) in [5.74, 6) is -1.29. The van der Waals surface area contributed by atoms with E-state index in [4.69, 9.17) is 4.74 Å². The van der Waals surface area contributed by atoms with E-state index in [-0.39, 0.29) is 35.0 Å². The number of carbonyl (C=O) groups excluding carboxylic acids is 2. The van der Waals surface area contributed by atoms with Gasteiger partial charge in [-0.05, 0) is 62.1 Å². The van der Waals surface area contributed by atoms with Crippen LogP contribution in [0, 0.1) is 5.92 Å². The summed E-state index contributed by atoms with van der Waals surface area (Å²) < 4.78 is 33.0. The summed E-state index contributed by atoms with van der Waals surface area (Å²) in [6.45, 7) is 4.60. The normalized spacial score (nSPS) is 16.0. The monoisotopic (exact) mass is 525 g/mol. The first-order chi connectivity index (χ1) is 17.7. The maximum Gasteiger partial charge on any atom is 0.310 e. The maximum absolute atomic E-state index is 13.4. The van der Waals surface area contributed by atoms with Gasteiger partial charge in [0, 0.05) is 37.2 Å². The minimum absolute atomic E-state index is 0.0579. The molecule has 0 saturated carbocycles. The molecule has 0 aliphatic carbocycles. The highest BCUT2D eigenvalue weighted by Gasteiger charge is 2.31. The molecule has 1 unspecified atom stereocenters. The number of aromatic nitrogens is 1. The van der Waals surface area contributed by atoms with Gasteiger partial charge in [0.1, 0.15) is 5.56 Å². The molecule has 0 bridgehead atoms. The van der Waals surface area contributed by atoms with Crippen molar-refractivity contribution in [2.45, 2.75) is 38.0 Å². The Balaban J connectivity index is 1.65. The second kappa shape index (κ2) is 10.8. The van der Waals surface area contributed by atoms with Crippen molar-refractivity contribution < 1.29 is 22.7 Å². The molecule has 196 valence electrons. The number of esters is 1. The summed E-state index contributed by atoms with van der Waals surface area (Å²) in [5, 5.41) is 0.0978. The minimum atomic E-state index is -3.96. The SMILES string of the molecule is CCOC(=O)C1CCCN(C(=O)c2c[nH]c3ccc(S(=O)(=O)N(C)c4ccc(CC)cc4)cc3c2=O)C1. The lowest BCUT2D eigenvalue weighted by Crippen LogP contribution is -2.44. The van der Waals surface area contributed by atoms with Crippen LogP contribution in [-0.4, -0.2) is 56.9 Å². The van der Waals surface area contributed by atoms with E-state index >= 15 is 0 Å². The van der Waals surface area contributed by atoms with Gasteiger partial charge in [-0.15, -0.1) is 0 Å². The summed E-state index contributed by atoms with van der Waals surface area (Å²) in [5.41, 5.74) is 1.33. The lowest BCUT2D eigenvalue weighted by atomic mass is 9.97. The number of rotatable bonds is 7. The molecule has 1 saturated heterocycles. The van der Waals surface area contributed by atoms with E-state index in [1.165, 1.54) is 40.6 Å². The number of ether oxygens (including phenoxy) is 1. The number of carbonyl (C=O) groups is 2. The van der Waals surface area contributed by atoms with Gasteiger partial charge >= 0.3 is 5.97 Å². The quantitative estimate of drug-likeness (QED) is 0.473. The molecule has 1 fully saturated rings. The van der Waals surface area contributed by atoms with Crippen LogP contribution >= 0.6 is 0 Å². The predicted octanol–water partition coefficient (Wildman–Crippen LogP) is 3.33. The van der Waals surface area contributed by atoms with Crippen LogP contribution in [0.2, 0.25) is 0 Å². The summed E-state index contributed by atoms with van der Waals surface area (Å²) in [6, 6.07) is 11.5. The number of aryl methyl sites for hydroxylation is 1. The number of amides is 1. The third-order valence-corrected chi connectivity index (χ3v) is 8.56. The lowest BCUT2D eigenvalue weighted by molar-refractivity contribution is -0.149. The number of sulfonamides is 1. The average molecular weight is 526 g/mol. The van der Waals surface area contributed by atoms with Crippen molar-refractivity contribution in [3.63, 3.8) is 0 Å². The molecule has 1 aliphatic rings. The Labute approximate surface area is 216 Å². The molecule has 1 N–H and O–H groups in total. The van der Waals surface area contributed by atoms with Crippen LogP contribution in [0.15, 0.2) is 58.4 Å². The third kappa shape index (κ3) is 5.24. The highest BCUT2D eigenvalue weighted by molar-refractivity contribution is 7.92. The van der Waals surface area contributed by atoms with Crippen molar-refractivity contribution >= 4 is 38.5 Å². The van der Waals surface area contributed by atoms with Gasteiger partial charge in [0.25, 0.3) is 15.9 Å². The van der Waals surface area contributed by atoms with Gasteiger partial charge < -0.3 is 14.6 Å². The molecular formula is C27H31N3O6S. The first-order valence-corrected chi connectivity index (χ1v) is 13.8. The van der Waals surface area contributed by atoms with Gasteiger partial charge in [0.05, 0.1) is 23.1 Å². The predicted molar refractivity (Wildman–Crippen MR) is 141 cm³/mol. The molecule has 1 aromatic heterocycles. The van der Waals surface area contributed by atoms with Gasteiger partial charge in [-0.25, -0.2) is 8.42 Å². The van der Waals surface area contributed by atoms with Crippen molar-refractivity contribution in [2.24, 2.45) is 5.92 Å². The molecule has 2 heterocycles. The zero-order chi connectivity index (χ0) is 26.7. The number of hydrogen-bond donors (Lipinski definition) is 1. The Hall–Kier alpha value is -3.66. The second-order valence-corrected chi connectivity index (χ2v) is 11.0. The number of nitrogens with one attached hydrogen (secondary N) is 1. The zero-order valence-electron chi connectivity index (χ0n) is 21.2. The highest BCUT2D eigenvalue weighted by Crippen LogP contribution is 2.25. The summed E-state index contributed by atoms with van der Waals surface area (Å²) >= 11 is 0. The van der Waals surface area contributed by atoms with E-state index in [1.54, 1.807) is 19.1 Å². The molecule has 1 atom stereocenters.